The molecular weight excluding hydrogens is 190 g/mol. The van der Waals surface area contributed by atoms with Gasteiger partial charge in [-0.3, -0.25) is 9.78 Å². The Balaban J connectivity index is 2.79. The lowest BCUT2D eigenvalue weighted by Gasteiger charge is -2.01. The van der Waals surface area contributed by atoms with E-state index in [1.165, 1.54) is 7.11 Å². The number of hydrogen-bond donors (Lipinski definition) is 0. The molecule has 0 saturated heterocycles. The van der Waals surface area contributed by atoms with Gasteiger partial charge in [-0.15, -0.1) is 0 Å². The van der Waals surface area contributed by atoms with Gasteiger partial charge in [0, 0.05) is 6.20 Å². The molecule has 0 spiro atoms. The van der Waals surface area contributed by atoms with E-state index in [2.05, 4.69) is 9.72 Å². The summed E-state index contributed by atoms with van der Waals surface area (Å²) in [6.07, 6.45) is 1.83. The van der Waals surface area contributed by atoms with Crippen molar-refractivity contribution in [2.75, 3.05) is 7.11 Å². The number of carbonyl (C=O) groups is 1. The minimum Gasteiger partial charge on any atom is -0.469 e. The number of ether oxygens (including phenoxy) is 1. The van der Waals surface area contributed by atoms with Crippen LogP contribution in [0.5, 0.6) is 0 Å². The van der Waals surface area contributed by atoms with E-state index in [4.69, 9.17) is 11.6 Å². The Bertz CT molecular complexity index is 325. The Morgan fingerprint density at radius 1 is 1.69 bits per heavy atom. The van der Waals surface area contributed by atoms with Crippen molar-refractivity contribution in [3.8, 4) is 0 Å². The van der Waals surface area contributed by atoms with Crippen LogP contribution < -0.4 is 0 Å². The van der Waals surface area contributed by atoms with Crippen molar-refractivity contribution in [1.29, 1.82) is 0 Å². The molecular formula is C9H10ClNO2. The molecule has 13 heavy (non-hydrogen) atoms. The van der Waals surface area contributed by atoms with Crippen molar-refractivity contribution in [3.05, 3.63) is 28.5 Å². The molecule has 0 bridgehead atoms. The number of aryl methyl sites for hydroxylation is 1. The van der Waals surface area contributed by atoms with Crippen LogP contribution in [0.3, 0.4) is 0 Å². The topological polar surface area (TPSA) is 39.2 Å². The first kappa shape index (κ1) is 9.99. The largest absolute Gasteiger partial charge is 0.469 e. The van der Waals surface area contributed by atoms with Gasteiger partial charge in [-0.05, 0) is 18.6 Å². The van der Waals surface area contributed by atoms with Crippen LogP contribution in [0.25, 0.3) is 0 Å². The van der Waals surface area contributed by atoms with Crippen LogP contribution in [0, 0.1) is 6.92 Å². The van der Waals surface area contributed by atoms with Gasteiger partial charge in [0.05, 0.1) is 24.2 Å². The summed E-state index contributed by atoms with van der Waals surface area (Å²) in [5, 5.41) is 0.571. The third kappa shape index (κ3) is 2.70. The quantitative estimate of drug-likeness (QED) is 0.682. The number of methoxy groups -OCH3 is 1. The van der Waals surface area contributed by atoms with Crippen LogP contribution in [0.1, 0.15) is 11.3 Å². The Hall–Kier alpha value is -1.09. The van der Waals surface area contributed by atoms with Crippen molar-refractivity contribution in [2.45, 2.75) is 13.3 Å². The maximum atomic E-state index is 10.9. The minimum atomic E-state index is -0.290. The number of rotatable bonds is 2. The average molecular weight is 200 g/mol. The zero-order valence-electron chi connectivity index (χ0n) is 7.50. The molecule has 0 radical (unpaired) electrons. The van der Waals surface area contributed by atoms with Crippen molar-refractivity contribution in [2.24, 2.45) is 0 Å². The number of pyridine rings is 1. The van der Waals surface area contributed by atoms with E-state index in [0.717, 1.165) is 11.3 Å². The Kier molecular flexibility index (Phi) is 3.25. The van der Waals surface area contributed by atoms with E-state index in [1.54, 1.807) is 12.3 Å². The molecule has 0 amide bonds. The Labute approximate surface area is 81.7 Å². The molecule has 0 aliphatic heterocycles. The van der Waals surface area contributed by atoms with Gasteiger partial charge in [-0.1, -0.05) is 11.6 Å². The summed E-state index contributed by atoms with van der Waals surface area (Å²) in [6, 6.07) is 1.72. The number of esters is 1. The van der Waals surface area contributed by atoms with Gasteiger partial charge in [-0.2, -0.15) is 0 Å². The molecule has 70 valence electrons. The fourth-order valence-corrected chi connectivity index (χ4v) is 1.07. The molecule has 0 saturated carbocycles. The molecule has 0 aliphatic carbocycles. The average Bonchev–Trinajstić information content (AvgIpc) is 2.11. The summed E-state index contributed by atoms with van der Waals surface area (Å²) >= 11 is 5.83. The first-order chi connectivity index (χ1) is 6.13. The van der Waals surface area contributed by atoms with Crippen LogP contribution in [0.15, 0.2) is 12.3 Å². The summed E-state index contributed by atoms with van der Waals surface area (Å²) in [5.74, 6) is -0.290. The molecule has 1 aromatic rings. The second kappa shape index (κ2) is 4.23. The Morgan fingerprint density at radius 2 is 2.38 bits per heavy atom. The minimum absolute atomic E-state index is 0.212. The van der Waals surface area contributed by atoms with Crippen LogP contribution in [-0.4, -0.2) is 18.1 Å². The monoisotopic (exact) mass is 199 g/mol. The molecule has 1 rings (SSSR count). The van der Waals surface area contributed by atoms with Gasteiger partial charge in [0.2, 0.25) is 0 Å². The maximum absolute atomic E-state index is 10.9. The molecule has 0 N–H and O–H groups in total. The summed E-state index contributed by atoms with van der Waals surface area (Å²) in [7, 11) is 1.35. The van der Waals surface area contributed by atoms with Crippen LogP contribution in [0.2, 0.25) is 5.02 Å². The van der Waals surface area contributed by atoms with Crippen molar-refractivity contribution in [1.82, 2.24) is 4.98 Å². The molecule has 1 heterocycles. The highest BCUT2D eigenvalue weighted by Gasteiger charge is 2.04. The zero-order valence-corrected chi connectivity index (χ0v) is 8.26. The molecule has 0 fully saturated rings. The predicted octanol–water partition coefficient (Wildman–Crippen LogP) is 1.76. The van der Waals surface area contributed by atoms with E-state index < -0.39 is 0 Å². The fourth-order valence-electron chi connectivity index (χ4n) is 0.881. The lowest BCUT2D eigenvalue weighted by Crippen LogP contribution is -2.04. The first-order valence-electron chi connectivity index (χ1n) is 3.81. The van der Waals surface area contributed by atoms with Gasteiger partial charge in [0.1, 0.15) is 0 Å². The second-order valence-electron chi connectivity index (χ2n) is 2.66. The molecule has 0 atom stereocenters. The van der Waals surface area contributed by atoms with E-state index in [0.29, 0.717) is 5.02 Å². The second-order valence-corrected chi connectivity index (χ2v) is 3.07. The van der Waals surface area contributed by atoms with E-state index in [-0.39, 0.29) is 12.4 Å². The zero-order chi connectivity index (χ0) is 9.84. The van der Waals surface area contributed by atoms with Gasteiger partial charge < -0.3 is 4.74 Å². The summed E-state index contributed by atoms with van der Waals surface area (Å²) in [4.78, 5) is 14.9. The van der Waals surface area contributed by atoms with Crippen LogP contribution in [0.4, 0.5) is 0 Å². The number of halogens is 1. The lowest BCUT2D eigenvalue weighted by atomic mass is 10.2. The molecule has 0 aromatic carbocycles. The van der Waals surface area contributed by atoms with Crippen molar-refractivity contribution in [3.63, 3.8) is 0 Å². The highest BCUT2D eigenvalue weighted by Crippen LogP contribution is 2.14. The van der Waals surface area contributed by atoms with Gasteiger partial charge in [0.25, 0.3) is 0 Å². The number of nitrogens with zero attached hydrogens (tertiary/aromatic N) is 1. The molecule has 0 unspecified atom stereocenters. The molecule has 1 aromatic heterocycles. The molecule has 3 nitrogen and oxygen atoms in total. The standard InChI is InChI=1S/C9H10ClNO2/c1-6-8(10)3-7(5-11-6)4-9(12)13-2/h3,5H,4H2,1-2H3. The Morgan fingerprint density at radius 3 is 2.92 bits per heavy atom. The predicted molar refractivity (Wildman–Crippen MR) is 49.7 cm³/mol. The van der Waals surface area contributed by atoms with Gasteiger partial charge in [-0.25, -0.2) is 0 Å². The van der Waals surface area contributed by atoms with Crippen molar-refractivity contribution >= 4 is 17.6 Å². The normalized spacial score (nSPS) is 9.77. The smallest absolute Gasteiger partial charge is 0.310 e. The van der Waals surface area contributed by atoms with Gasteiger partial charge in [0.15, 0.2) is 0 Å². The number of hydrogen-bond acceptors (Lipinski definition) is 3. The van der Waals surface area contributed by atoms with E-state index in [9.17, 15) is 4.79 Å². The highest BCUT2D eigenvalue weighted by molar-refractivity contribution is 6.31. The van der Waals surface area contributed by atoms with Crippen molar-refractivity contribution < 1.29 is 9.53 Å². The SMILES string of the molecule is COC(=O)Cc1cnc(C)c(Cl)c1. The molecule has 4 heteroatoms. The lowest BCUT2D eigenvalue weighted by molar-refractivity contribution is -0.139. The van der Waals surface area contributed by atoms with Crippen LogP contribution >= 0.6 is 11.6 Å². The van der Waals surface area contributed by atoms with Gasteiger partial charge >= 0.3 is 5.97 Å². The summed E-state index contributed by atoms with van der Waals surface area (Å²) in [5.41, 5.74) is 1.53. The molecule has 0 aliphatic rings. The third-order valence-electron chi connectivity index (χ3n) is 1.66. The first-order valence-corrected chi connectivity index (χ1v) is 4.19. The summed E-state index contributed by atoms with van der Waals surface area (Å²) < 4.78 is 4.51. The third-order valence-corrected chi connectivity index (χ3v) is 2.04. The van der Waals surface area contributed by atoms with Crippen LogP contribution in [-0.2, 0) is 16.0 Å². The number of aromatic nitrogens is 1. The van der Waals surface area contributed by atoms with E-state index in [1.807, 2.05) is 6.92 Å². The number of carbonyl (C=O) groups excluding carboxylic acids is 1. The van der Waals surface area contributed by atoms with E-state index >= 15 is 0 Å². The fraction of sp³-hybridized carbons (Fsp3) is 0.333. The maximum Gasteiger partial charge on any atom is 0.310 e. The highest BCUT2D eigenvalue weighted by atomic mass is 35.5. The summed E-state index contributed by atoms with van der Waals surface area (Å²) in [6.45, 7) is 1.81.